The van der Waals surface area contributed by atoms with Gasteiger partial charge in [0.2, 0.25) is 0 Å². The Morgan fingerprint density at radius 3 is 3.00 bits per heavy atom. The van der Waals surface area contributed by atoms with E-state index in [9.17, 15) is 0 Å². The van der Waals surface area contributed by atoms with Crippen LogP contribution in [0, 0.1) is 0 Å². The Bertz CT molecular complexity index is 278. The maximum atomic E-state index is 8.85. The first-order valence-corrected chi connectivity index (χ1v) is 4.62. The summed E-state index contributed by atoms with van der Waals surface area (Å²) in [5.74, 6) is 0. The van der Waals surface area contributed by atoms with Crippen LogP contribution in [0.25, 0.3) is 0 Å². The lowest BCUT2D eigenvalue weighted by Crippen LogP contribution is -1.96. The Balaban J connectivity index is 2.36. The van der Waals surface area contributed by atoms with Crippen molar-refractivity contribution in [2.45, 2.75) is 25.7 Å². The Morgan fingerprint density at radius 1 is 1.25 bits per heavy atom. The van der Waals surface area contributed by atoms with E-state index in [0.29, 0.717) is 0 Å². The van der Waals surface area contributed by atoms with E-state index in [4.69, 9.17) is 5.11 Å². The van der Waals surface area contributed by atoms with Crippen LogP contribution in [0.4, 0.5) is 0 Å². The fraction of sp³-hybridized carbons (Fsp3) is 0.455. The van der Waals surface area contributed by atoms with Gasteiger partial charge >= 0.3 is 0 Å². The number of hydrogen-bond donors (Lipinski definition) is 1. The summed E-state index contributed by atoms with van der Waals surface area (Å²) in [6.45, 7) is 0.274. The number of benzene rings is 1. The van der Waals surface area contributed by atoms with E-state index in [1.165, 1.54) is 36.0 Å². The molecule has 0 saturated carbocycles. The van der Waals surface area contributed by atoms with Crippen LogP contribution in [0.5, 0.6) is 0 Å². The number of rotatable bonds is 2. The normalized spacial score (nSPS) is 14.8. The second-order valence-corrected chi connectivity index (χ2v) is 3.38. The van der Waals surface area contributed by atoms with Gasteiger partial charge in [-0.15, -0.1) is 0 Å². The van der Waals surface area contributed by atoms with E-state index in [0.717, 1.165) is 6.42 Å². The maximum Gasteiger partial charge on any atom is 0.0471 e. The van der Waals surface area contributed by atoms with Gasteiger partial charge in [-0.1, -0.05) is 18.2 Å². The minimum atomic E-state index is 0.274. The van der Waals surface area contributed by atoms with Crippen LogP contribution in [0.2, 0.25) is 0 Å². The zero-order valence-corrected chi connectivity index (χ0v) is 7.21. The molecule has 1 aromatic rings. The molecule has 64 valence electrons. The SMILES string of the molecule is OCCc1cccc2c1CCC2. The molecule has 1 aliphatic rings. The quantitative estimate of drug-likeness (QED) is 0.702. The molecule has 0 bridgehead atoms. The third kappa shape index (κ3) is 1.25. The second-order valence-electron chi connectivity index (χ2n) is 3.38. The topological polar surface area (TPSA) is 20.2 Å². The van der Waals surface area contributed by atoms with Gasteiger partial charge in [0.25, 0.3) is 0 Å². The molecular weight excluding hydrogens is 148 g/mol. The van der Waals surface area contributed by atoms with Crippen molar-refractivity contribution in [2.24, 2.45) is 0 Å². The molecule has 1 aromatic carbocycles. The third-order valence-corrected chi connectivity index (χ3v) is 2.62. The lowest BCUT2D eigenvalue weighted by molar-refractivity contribution is 0.299. The number of fused-ring (bicyclic) bond motifs is 1. The highest BCUT2D eigenvalue weighted by molar-refractivity contribution is 5.38. The van der Waals surface area contributed by atoms with Gasteiger partial charge in [0.05, 0.1) is 0 Å². The summed E-state index contributed by atoms with van der Waals surface area (Å²) in [4.78, 5) is 0. The fourth-order valence-electron chi connectivity index (χ4n) is 2.05. The van der Waals surface area contributed by atoms with Gasteiger partial charge in [0, 0.05) is 6.61 Å². The van der Waals surface area contributed by atoms with E-state index < -0.39 is 0 Å². The minimum absolute atomic E-state index is 0.274. The molecule has 0 aromatic heterocycles. The zero-order valence-electron chi connectivity index (χ0n) is 7.21. The van der Waals surface area contributed by atoms with Crippen LogP contribution in [0.3, 0.4) is 0 Å². The molecule has 0 radical (unpaired) electrons. The Kier molecular flexibility index (Phi) is 2.13. The van der Waals surface area contributed by atoms with Gasteiger partial charge in [-0.05, 0) is 42.4 Å². The Hall–Kier alpha value is -0.820. The molecule has 0 unspecified atom stereocenters. The predicted molar refractivity (Wildman–Crippen MR) is 49.3 cm³/mol. The van der Waals surface area contributed by atoms with Crippen molar-refractivity contribution in [1.82, 2.24) is 0 Å². The summed E-state index contributed by atoms with van der Waals surface area (Å²) < 4.78 is 0. The maximum absolute atomic E-state index is 8.85. The number of aryl methyl sites for hydroxylation is 1. The van der Waals surface area contributed by atoms with Crippen molar-refractivity contribution in [1.29, 1.82) is 0 Å². The number of hydrogen-bond acceptors (Lipinski definition) is 1. The molecule has 0 heterocycles. The van der Waals surface area contributed by atoms with Crippen LogP contribution in [-0.4, -0.2) is 11.7 Å². The average molecular weight is 162 g/mol. The largest absolute Gasteiger partial charge is 0.396 e. The van der Waals surface area contributed by atoms with Gasteiger partial charge in [-0.2, -0.15) is 0 Å². The van der Waals surface area contributed by atoms with Crippen molar-refractivity contribution in [2.75, 3.05) is 6.61 Å². The monoisotopic (exact) mass is 162 g/mol. The first-order valence-electron chi connectivity index (χ1n) is 4.62. The first kappa shape index (κ1) is 7.81. The minimum Gasteiger partial charge on any atom is -0.396 e. The molecule has 1 aliphatic carbocycles. The number of aliphatic hydroxyl groups excluding tert-OH is 1. The van der Waals surface area contributed by atoms with Gasteiger partial charge in [0.15, 0.2) is 0 Å². The van der Waals surface area contributed by atoms with E-state index in [-0.39, 0.29) is 6.61 Å². The molecular formula is C11H14O. The van der Waals surface area contributed by atoms with Crippen LogP contribution in [0.15, 0.2) is 18.2 Å². The number of aliphatic hydroxyl groups is 1. The molecule has 2 rings (SSSR count). The smallest absolute Gasteiger partial charge is 0.0471 e. The summed E-state index contributed by atoms with van der Waals surface area (Å²) in [6, 6.07) is 6.46. The molecule has 0 atom stereocenters. The van der Waals surface area contributed by atoms with Crippen LogP contribution < -0.4 is 0 Å². The Morgan fingerprint density at radius 2 is 2.17 bits per heavy atom. The molecule has 0 amide bonds. The van der Waals surface area contributed by atoms with Gasteiger partial charge in [0.1, 0.15) is 0 Å². The van der Waals surface area contributed by atoms with E-state index in [1.54, 1.807) is 0 Å². The molecule has 0 spiro atoms. The molecule has 0 aliphatic heterocycles. The average Bonchev–Trinajstić information content (AvgIpc) is 2.53. The highest BCUT2D eigenvalue weighted by Crippen LogP contribution is 2.25. The lowest BCUT2D eigenvalue weighted by atomic mass is 10.0. The van der Waals surface area contributed by atoms with Crippen molar-refractivity contribution < 1.29 is 5.11 Å². The molecule has 1 heteroatoms. The summed E-state index contributed by atoms with van der Waals surface area (Å²) in [7, 11) is 0. The van der Waals surface area contributed by atoms with Crippen molar-refractivity contribution in [3.8, 4) is 0 Å². The van der Waals surface area contributed by atoms with Crippen LogP contribution >= 0.6 is 0 Å². The summed E-state index contributed by atoms with van der Waals surface area (Å²) in [6.07, 6.45) is 4.56. The van der Waals surface area contributed by atoms with E-state index in [2.05, 4.69) is 18.2 Å². The van der Waals surface area contributed by atoms with Crippen LogP contribution in [-0.2, 0) is 19.3 Å². The standard InChI is InChI=1S/C11H14O/c12-8-7-10-4-1-3-9-5-2-6-11(9)10/h1,3-4,12H,2,5-8H2. The second kappa shape index (κ2) is 3.28. The van der Waals surface area contributed by atoms with Crippen molar-refractivity contribution >= 4 is 0 Å². The van der Waals surface area contributed by atoms with Crippen LogP contribution in [0.1, 0.15) is 23.1 Å². The lowest BCUT2D eigenvalue weighted by Gasteiger charge is -2.05. The van der Waals surface area contributed by atoms with Gasteiger partial charge in [-0.25, -0.2) is 0 Å². The molecule has 1 N–H and O–H groups in total. The molecule has 1 nitrogen and oxygen atoms in total. The fourth-order valence-corrected chi connectivity index (χ4v) is 2.05. The molecule has 0 fully saturated rings. The Labute approximate surface area is 73.0 Å². The highest BCUT2D eigenvalue weighted by atomic mass is 16.2. The van der Waals surface area contributed by atoms with E-state index >= 15 is 0 Å². The van der Waals surface area contributed by atoms with Gasteiger partial charge in [-0.3, -0.25) is 0 Å². The van der Waals surface area contributed by atoms with Crippen molar-refractivity contribution in [3.05, 3.63) is 34.9 Å². The van der Waals surface area contributed by atoms with E-state index in [1.807, 2.05) is 0 Å². The van der Waals surface area contributed by atoms with Gasteiger partial charge < -0.3 is 5.11 Å². The third-order valence-electron chi connectivity index (χ3n) is 2.62. The van der Waals surface area contributed by atoms with Crippen molar-refractivity contribution in [3.63, 3.8) is 0 Å². The summed E-state index contributed by atoms with van der Waals surface area (Å²) in [5, 5.41) is 8.85. The highest BCUT2D eigenvalue weighted by Gasteiger charge is 2.13. The first-order chi connectivity index (χ1) is 5.92. The zero-order chi connectivity index (χ0) is 8.39. The molecule has 12 heavy (non-hydrogen) atoms. The summed E-state index contributed by atoms with van der Waals surface area (Å²) >= 11 is 0. The predicted octanol–water partition coefficient (Wildman–Crippen LogP) is 1.71. The summed E-state index contributed by atoms with van der Waals surface area (Å²) in [5.41, 5.74) is 4.36. The molecule has 0 saturated heterocycles.